The summed E-state index contributed by atoms with van der Waals surface area (Å²) < 4.78 is 0. The highest BCUT2D eigenvalue weighted by Gasteiger charge is 2.12. The van der Waals surface area contributed by atoms with E-state index in [0.29, 0.717) is 0 Å². The Morgan fingerprint density at radius 3 is 2.82 bits per heavy atom. The number of fused-ring (bicyclic) bond motifs is 1. The number of hydrogen-bond donors (Lipinski definition) is 2. The number of aromatic amines is 1. The normalized spacial score (nSPS) is 12.3. The van der Waals surface area contributed by atoms with Crippen LogP contribution in [0, 0.1) is 0 Å². The number of H-pyrrole nitrogens is 1. The molecule has 2 heterocycles. The van der Waals surface area contributed by atoms with Crippen molar-refractivity contribution in [2.24, 2.45) is 5.73 Å². The van der Waals surface area contributed by atoms with Gasteiger partial charge in [0.05, 0.1) is 6.04 Å². The van der Waals surface area contributed by atoms with E-state index in [0.717, 1.165) is 5.52 Å². The zero-order valence-electron chi connectivity index (χ0n) is 9.09. The highest BCUT2D eigenvalue weighted by atomic mass is 35.5. The molecule has 17 heavy (non-hydrogen) atoms. The van der Waals surface area contributed by atoms with Crippen LogP contribution in [-0.2, 0) is 0 Å². The maximum atomic E-state index is 6.28. The van der Waals surface area contributed by atoms with Gasteiger partial charge < -0.3 is 10.7 Å². The van der Waals surface area contributed by atoms with E-state index in [-0.39, 0.29) is 18.4 Å². The number of hydrogen-bond acceptors (Lipinski definition) is 2. The lowest BCUT2D eigenvalue weighted by atomic mass is 9.99. The van der Waals surface area contributed by atoms with Crippen molar-refractivity contribution in [2.75, 3.05) is 0 Å². The minimum absolute atomic E-state index is 0. The van der Waals surface area contributed by atoms with Crippen LogP contribution >= 0.6 is 23.7 Å². The standard InChI is InChI=1S/C13H12N2S.ClH/c14-13(9-5-7-16-8-9)11-2-1-3-12-10(11)4-6-15-12;/h1-8,13,15H,14H2;1H/t13-;/m1./s1. The lowest BCUT2D eigenvalue weighted by Crippen LogP contribution is -2.10. The molecule has 2 aromatic heterocycles. The molecule has 88 valence electrons. The third-order valence-corrected chi connectivity index (χ3v) is 3.57. The van der Waals surface area contributed by atoms with Crippen molar-refractivity contribution in [3.63, 3.8) is 0 Å². The second-order valence-electron chi connectivity index (χ2n) is 3.82. The first-order chi connectivity index (χ1) is 7.86. The van der Waals surface area contributed by atoms with Crippen LogP contribution in [0.2, 0.25) is 0 Å². The van der Waals surface area contributed by atoms with Crippen molar-refractivity contribution in [3.8, 4) is 0 Å². The van der Waals surface area contributed by atoms with Gasteiger partial charge >= 0.3 is 0 Å². The Labute approximate surface area is 110 Å². The maximum absolute atomic E-state index is 6.28. The molecule has 1 atom stereocenters. The van der Waals surface area contributed by atoms with E-state index in [1.807, 2.05) is 12.3 Å². The number of rotatable bonds is 2. The molecule has 0 aliphatic heterocycles. The molecule has 0 spiro atoms. The monoisotopic (exact) mass is 264 g/mol. The van der Waals surface area contributed by atoms with E-state index in [2.05, 4.69) is 40.0 Å². The molecule has 3 N–H and O–H groups in total. The van der Waals surface area contributed by atoms with Crippen molar-refractivity contribution in [1.29, 1.82) is 0 Å². The molecule has 0 radical (unpaired) electrons. The molecule has 0 bridgehead atoms. The molecule has 0 fully saturated rings. The zero-order valence-corrected chi connectivity index (χ0v) is 10.7. The van der Waals surface area contributed by atoms with Crippen molar-refractivity contribution in [3.05, 3.63) is 58.4 Å². The number of thiophene rings is 1. The largest absolute Gasteiger partial charge is 0.361 e. The molecule has 3 rings (SSSR count). The third-order valence-electron chi connectivity index (χ3n) is 2.87. The first-order valence-electron chi connectivity index (χ1n) is 5.20. The molecule has 0 aliphatic rings. The number of nitrogens with two attached hydrogens (primary N) is 1. The van der Waals surface area contributed by atoms with Gasteiger partial charge in [-0.1, -0.05) is 12.1 Å². The fraction of sp³-hybridized carbons (Fsp3) is 0.0769. The molecule has 1 aromatic carbocycles. The van der Waals surface area contributed by atoms with Gasteiger partial charge in [-0.05, 0) is 40.1 Å². The van der Waals surface area contributed by atoms with E-state index < -0.39 is 0 Å². The molecule has 0 amide bonds. The molecule has 0 unspecified atom stereocenters. The summed E-state index contributed by atoms with van der Waals surface area (Å²) in [6.45, 7) is 0. The van der Waals surface area contributed by atoms with Crippen LogP contribution in [0.3, 0.4) is 0 Å². The van der Waals surface area contributed by atoms with Gasteiger partial charge in [-0.2, -0.15) is 11.3 Å². The minimum atomic E-state index is -0.0363. The van der Waals surface area contributed by atoms with Crippen LogP contribution in [0.4, 0.5) is 0 Å². The summed E-state index contributed by atoms with van der Waals surface area (Å²) in [5.41, 5.74) is 9.78. The van der Waals surface area contributed by atoms with Gasteiger partial charge in [0.15, 0.2) is 0 Å². The van der Waals surface area contributed by atoms with Gasteiger partial charge in [0, 0.05) is 17.1 Å². The predicted molar refractivity (Wildman–Crippen MR) is 75.9 cm³/mol. The highest BCUT2D eigenvalue weighted by molar-refractivity contribution is 7.08. The van der Waals surface area contributed by atoms with Crippen LogP contribution < -0.4 is 5.73 Å². The topological polar surface area (TPSA) is 41.8 Å². The summed E-state index contributed by atoms with van der Waals surface area (Å²) >= 11 is 1.68. The van der Waals surface area contributed by atoms with E-state index >= 15 is 0 Å². The second-order valence-corrected chi connectivity index (χ2v) is 4.60. The lowest BCUT2D eigenvalue weighted by molar-refractivity contribution is 0.886. The van der Waals surface area contributed by atoms with E-state index in [1.165, 1.54) is 16.5 Å². The molecule has 4 heteroatoms. The summed E-state index contributed by atoms with van der Waals surface area (Å²) in [7, 11) is 0. The zero-order chi connectivity index (χ0) is 11.0. The van der Waals surface area contributed by atoms with Crippen molar-refractivity contribution < 1.29 is 0 Å². The first kappa shape index (κ1) is 12.2. The van der Waals surface area contributed by atoms with Crippen molar-refractivity contribution >= 4 is 34.6 Å². The number of halogens is 1. The Kier molecular flexibility index (Phi) is 3.52. The number of aromatic nitrogens is 1. The Hall–Kier alpha value is -1.29. The van der Waals surface area contributed by atoms with Crippen LogP contribution in [0.15, 0.2) is 47.3 Å². The van der Waals surface area contributed by atoms with Gasteiger partial charge in [0.1, 0.15) is 0 Å². The minimum Gasteiger partial charge on any atom is -0.361 e. The summed E-state index contributed by atoms with van der Waals surface area (Å²) in [5.74, 6) is 0. The Morgan fingerprint density at radius 1 is 1.18 bits per heavy atom. The summed E-state index contributed by atoms with van der Waals surface area (Å²) in [6, 6.07) is 10.3. The molecular weight excluding hydrogens is 252 g/mol. The predicted octanol–water partition coefficient (Wildman–Crippen LogP) is 3.70. The number of nitrogens with one attached hydrogen (secondary N) is 1. The molecule has 2 nitrogen and oxygen atoms in total. The molecule has 3 aromatic rings. The highest BCUT2D eigenvalue weighted by Crippen LogP contribution is 2.27. The van der Waals surface area contributed by atoms with E-state index in [1.54, 1.807) is 11.3 Å². The second kappa shape index (κ2) is 4.92. The van der Waals surface area contributed by atoms with E-state index in [9.17, 15) is 0 Å². The Balaban J connectivity index is 0.00000108. The van der Waals surface area contributed by atoms with Gasteiger partial charge in [0.2, 0.25) is 0 Å². The van der Waals surface area contributed by atoms with Gasteiger partial charge in [-0.25, -0.2) is 0 Å². The van der Waals surface area contributed by atoms with Crippen LogP contribution in [0.1, 0.15) is 17.2 Å². The maximum Gasteiger partial charge on any atom is 0.0566 e. The molecule has 0 aliphatic carbocycles. The van der Waals surface area contributed by atoms with Gasteiger partial charge in [-0.15, -0.1) is 12.4 Å². The van der Waals surface area contributed by atoms with Crippen molar-refractivity contribution in [2.45, 2.75) is 6.04 Å². The number of benzene rings is 1. The Bertz CT molecular complexity index is 601. The summed E-state index contributed by atoms with van der Waals surface area (Å²) in [5, 5.41) is 5.38. The fourth-order valence-corrected chi connectivity index (χ4v) is 2.71. The van der Waals surface area contributed by atoms with Gasteiger partial charge in [0.25, 0.3) is 0 Å². The Morgan fingerprint density at radius 2 is 2.06 bits per heavy atom. The van der Waals surface area contributed by atoms with Crippen LogP contribution in [0.5, 0.6) is 0 Å². The molecular formula is C13H13ClN2S. The smallest absolute Gasteiger partial charge is 0.0566 e. The SMILES string of the molecule is Cl.N[C@H](c1ccsc1)c1cccc2[nH]ccc12. The quantitative estimate of drug-likeness (QED) is 0.728. The van der Waals surface area contributed by atoms with Gasteiger partial charge in [-0.3, -0.25) is 0 Å². The van der Waals surface area contributed by atoms with Crippen LogP contribution in [0.25, 0.3) is 10.9 Å². The molecule has 0 saturated heterocycles. The van der Waals surface area contributed by atoms with Crippen molar-refractivity contribution in [1.82, 2.24) is 4.98 Å². The molecule has 0 saturated carbocycles. The fourth-order valence-electron chi connectivity index (χ4n) is 2.01. The summed E-state index contributed by atoms with van der Waals surface area (Å²) in [6.07, 6.45) is 1.95. The third kappa shape index (κ3) is 2.09. The summed E-state index contributed by atoms with van der Waals surface area (Å²) in [4.78, 5) is 3.21. The lowest BCUT2D eigenvalue weighted by Gasteiger charge is -2.11. The first-order valence-corrected chi connectivity index (χ1v) is 6.14. The average molecular weight is 265 g/mol. The van der Waals surface area contributed by atoms with E-state index in [4.69, 9.17) is 5.73 Å². The average Bonchev–Trinajstić information content (AvgIpc) is 2.98. The van der Waals surface area contributed by atoms with Crippen LogP contribution in [-0.4, -0.2) is 4.98 Å².